The largest absolute Gasteiger partial charge is 0.507 e. The zero-order chi connectivity index (χ0) is 19.5. The minimum absolute atomic E-state index is 0.119. The molecule has 2 saturated heterocycles. The van der Waals surface area contributed by atoms with Gasteiger partial charge in [0.2, 0.25) is 0 Å². The van der Waals surface area contributed by atoms with Gasteiger partial charge in [0.1, 0.15) is 5.76 Å². The fraction of sp³-hybridized carbons (Fsp3) is 0.333. The Hall–Kier alpha value is -2.48. The molecule has 1 aromatic heterocycles. The number of likely N-dealkylation sites (tertiary alicyclic amines) is 1. The number of aliphatic hydroxyl groups is 1. The summed E-state index contributed by atoms with van der Waals surface area (Å²) in [6.07, 6.45) is 0. The first-order chi connectivity index (χ1) is 13.7. The molecule has 146 valence electrons. The molecule has 0 spiro atoms. The number of carbonyl (C=O) groups is 2. The van der Waals surface area contributed by atoms with Crippen LogP contribution in [0.1, 0.15) is 16.5 Å². The van der Waals surface area contributed by atoms with Crippen LogP contribution >= 0.6 is 11.3 Å². The zero-order valence-corrected chi connectivity index (χ0v) is 16.2. The Bertz CT molecular complexity index is 873. The van der Waals surface area contributed by atoms with E-state index in [1.807, 2.05) is 23.6 Å². The van der Waals surface area contributed by atoms with Crippen LogP contribution in [-0.4, -0.2) is 66.0 Å². The van der Waals surface area contributed by atoms with Gasteiger partial charge in [0, 0.05) is 36.6 Å². The molecule has 2 aromatic rings. The van der Waals surface area contributed by atoms with Crippen LogP contribution in [0.3, 0.4) is 0 Å². The normalized spacial score (nSPS) is 22.7. The van der Waals surface area contributed by atoms with Crippen LogP contribution in [0.4, 0.5) is 0 Å². The van der Waals surface area contributed by atoms with Crippen molar-refractivity contribution in [3.63, 3.8) is 0 Å². The average Bonchev–Trinajstić information content (AvgIpc) is 3.35. The lowest BCUT2D eigenvalue weighted by molar-refractivity contribution is -0.140. The van der Waals surface area contributed by atoms with Crippen LogP contribution in [0.5, 0.6) is 0 Å². The van der Waals surface area contributed by atoms with Crippen molar-refractivity contribution < 1.29 is 19.4 Å². The van der Waals surface area contributed by atoms with E-state index in [0.29, 0.717) is 31.9 Å². The van der Waals surface area contributed by atoms with Gasteiger partial charge in [-0.1, -0.05) is 36.4 Å². The van der Waals surface area contributed by atoms with Crippen LogP contribution in [0.25, 0.3) is 5.76 Å². The molecule has 0 aliphatic carbocycles. The molecule has 0 saturated carbocycles. The van der Waals surface area contributed by atoms with Crippen LogP contribution < -0.4 is 0 Å². The number of nitrogens with zero attached hydrogens (tertiary/aromatic N) is 2. The summed E-state index contributed by atoms with van der Waals surface area (Å²) in [5.41, 5.74) is 0.705. The van der Waals surface area contributed by atoms with Gasteiger partial charge in [-0.25, -0.2) is 0 Å². The van der Waals surface area contributed by atoms with Crippen molar-refractivity contribution >= 4 is 28.8 Å². The molecule has 1 atom stereocenters. The van der Waals surface area contributed by atoms with Crippen LogP contribution in [0.2, 0.25) is 0 Å². The predicted octanol–water partition coefficient (Wildman–Crippen LogP) is 2.50. The van der Waals surface area contributed by atoms with Crippen molar-refractivity contribution in [2.24, 2.45) is 0 Å². The van der Waals surface area contributed by atoms with Crippen molar-refractivity contribution in [1.82, 2.24) is 9.80 Å². The number of aliphatic hydroxyl groups excluding tert-OH is 1. The standard InChI is InChI=1S/C21H22N2O4S/c24-19(15-5-2-1-3-6-15)17-18(16-7-4-14-28-16)23(21(26)20(17)25)9-8-22-10-12-27-13-11-22/h1-7,14,18,24H,8-13H2/b19-17+/t18-/m0/s1. The van der Waals surface area contributed by atoms with E-state index in [4.69, 9.17) is 4.74 Å². The lowest BCUT2D eigenvalue weighted by Crippen LogP contribution is -2.42. The number of rotatable bonds is 5. The molecule has 6 nitrogen and oxygen atoms in total. The lowest BCUT2D eigenvalue weighted by Gasteiger charge is -2.30. The Kier molecular flexibility index (Phi) is 5.57. The summed E-state index contributed by atoms with van der Waals surface area (Å²) in [4.78, 5) is 30.4. The van der Waals surface area contributed by atoms with E-state index in [1.54, 1.807) is 29.2 Å². The van der Waals surface area contributed by atoms with Gasteiger partial charge in [-0.15, -0.1) is 11.3 Å². The van der Waals surface area contributed by atoms with Gasteiger partial charge in [-0.2, -0.15) is 0 Å². The van der Waals surface area contributed by atoms with Gasteiger partial charge in [0.25, 0.3) is 11.7 Å². The smallest absolute Gasteiger partial charge is 0.295 e. The average molecular weight is 398 g/mol. The molecule has 1 aromatic carbocycles. The number of hydrogen-bond acceptors (Lipinski definition) is 6. The molecule has 3 heterocycles. The number of hydrogen-bond donors (Lipinski definition) is 1. The molecule has 28 heavy (non-hydrogen) atoms. The number of benzene rings is 1. The summed E-state index contributed by atoms with van der Waals surface area (Å²) < 4.78 is 5.37. The maximum atomic E-state index is 12.8. The molecule has 1 N–H and O–H groups in total. The summed E-state index contributed by atoms with van der Waals surface area (Å²) in [6, 6.07) is 12.2. The maximum Gasteiger partial charge on any atom is 0.295 e. The van der Waals surface area contributed by atoms with E-state index in [2.05, 4.69) is 4.90 Å². The van der Waals surface area contributed by atoms with Crippen molar-refractivity contribution in [3.8, 4) is 0 Å². The molecule has 4 rings (SSSR count). The minimum atomic E-state index is -0.623. The molecule has 2 fully saturated rings. The second-order valence-corrected chi connectivity index (χ2v) is 7.81. The van der Waals surface area contributed by atoms with Crippen LogP contribution in [-0.2, 0) is 14.3 Å². The summed E-state index contributed by atoms with van der Waals surface area (Å²) in [6.45, 7) is 4.10. The van der Waals surface area contributed by atoms with Crippen LogP contribution in [0.15, 0.2) is 53.4 Å². The number of ether oxygens (including phenoxy) is 1. The number of amides is 1. The molecule has 2 aliphatic heterocycles. The first-order valence-corrected chi connectivity index (χ1v) is 10.2. The summed E-state index contributed by atoms with van der Waals surface area (Å²) >= 11 is 1.48. The zero-order valence-electron chi connectivity index (χ0n) is 15.4. The molecule has 0 radical (unpaired) electrons. The Labute approximate surface area is 167 Å². The number of thiophene rings is 1. The number of carbonyl (C=O) groups excluding carboxylic acids is 2. The van der Waals surface area contributed by atoms with Gasteiger partial charge >= 0.3 is 0 Å². The molecule has 0 unspecified atom stereocenters. The Morgan fingerprint density at radius 2 is 1.82 bits per heavy atom. The van der Waals surface area contributed by atoms with Crippen LogP contribution in [0, 0.1) is 0 Å². The first-order valence-electron chi connectivity index (χ1n) is 9.34. The summed E-state index contributed by atoms with van der Waals surface area (Å²) in [5.74, 6) is -1.29. The Morgan fingerprint density at radius 1 is 1.07 bits per heavy atom. The van der Waals surface area contributed by atoms with E-state index in [-0.39, 0.29) is 11.3 Å². The van der Waals surface area contributed by atoms with E-state index in [1.165, 1.54) is 11.3 Å². The van der Waals surface area contributed by atoms with Crippen molar-refractivity contribution in [1.29, 1.82) is 0 Å². The van der Waals surface area contributed by atoms with E-state index in [9.17, 15) is 14.7 Å². The van der Waals surface area contributed by atoms with Gasteiger partial charge in [-0.05, 0) is 11.4 Å². The molecular formula is C21H22N2O4S. The third kappa shape index (κ3) is 3.61. The quantitative estimate of drug-likeness (QED) is 0.476. The first kappa shape index (κ1) is 18.9. The third-order valence-corrected chi connectivity index (χ3v) is 6.09. The van der Waals surface area contributed by atoms with Gasteiger partial charge in [-0.3, -0.25) is 14.5 Å². The van der Waals surface area contributed by atoms with E-state index in [0.717, 1.165) is 18.0 Å². The number of Topliss-reactive ketones (excluding diaryl/α,β-unsaturated/α-hetero) is 1. The monoisotopic (exact) mass is 398 g/mol. The van der Waals surface area contributed by atoms with Gasteiger partial charge in [0.05, 0.1) is 24.8 Å². The Morgan fingerprint density at radius 3 is 2.50 bits per heavy atom. The van der Waals surface area contributed by atoms with Crippen molar-refractivity contribution in [2.45, 2.75) is 6.04 Å². The summed E-state index contributed by atoms with van der Waals surface area (Å²) in [5, 5.41) is 12.8. The van der Waals surface area contributed by atoms with E-state index < -0.39 is 17.7 Å². The highest BCUT2D eigenvalue weighted by Crippen LogP contribution is 2.40. The highest BCUT2D eigenvalue weighted by Gasteiger charge is 2.46. The third-order valence-electron chi connectivity index (χ3n) is 5.16. The van der Waals surface area contributed by atoms with Crippen molar-refractivity contribution in [2.75, 3.05) is 39.4 Å². The number of morpholine rings is 1. The predicted molar refractivity (Wildman–Crippen MR) is 107 cm³/mol. The fourth-order valence-corrected chi connectivity index (χ4v) is 4.52. The topological polar surface area (TPSA) is 70.1 Å². The summed E-state index contributed by atoms with van der Waals surface area (Å²) in [7, 11) is 0. The number of ketones is 1. The van der Waals surface area contributed by atoms with E-state index >= 15 is 0 Å². The van der Waals surface area contributed by atoms with Gasteiger partial charge < -0.3 is 14.7 Å². The fourth-order valence-electron chi connectivity index (χ4n) is 3.68. The molecule has 7 heteroatoms. The second-order valence-electron chi connectivity index (χ2n) is 6.83. The molecule has 1 amide bonds. The lowest BCUT2D eigenvalue weighted by atomic mass is 10.00. The maximum absolute atomic E-state index is 12.8. The molecule has 0 bridgehead atoms. The highest BCUT2D eigenvalue weighted by molar-refractivity contribution is 7.10. The SMILES string of the molecule is O=C1C(=O)N(CCN2CCOCC2)[C@@H](c2cccs2)/C1=C(\O)c1ccccc1. The molecular weight excluding hydrogens is 376 g/mol. The minimum Gasteiger partial charge on any atom is -0.507 e. The Balaban J connectivity index is 1.68. The van der Waals surface area contributed by atoms with Gasteiger partial charge in [0.15, 0.2) is 0 Å². The highest BCUT2D eigenvalue weighted by atomic mass is 32.1. The molecule has 2 aliphatic rings. The van der Waals surface area contributed by atoms with Crippen molar-refractivity contribution in [3.05, 3.63) is 63.9 Å². The second kappa shape index (κ2) is 8.26.